The van der Waals surface area contributed by atoms with Crippen LogP contribution in [-0.4, -0.2) is 38.3 Å². The van der Waals surface area contributed by atoms with Crippen LogP contribution in [0.1, 0.15) is 63.6 Å². The Morgan fingerprint density at radius 2 is 1.74 bits per heavy atom. The lowest BCUT2D eigenvalue weighted by Gasteiger charge is -2.45. The zero-order valence-electron chi connectivity index (χ0n) is 20.7. The molecule has 186 valence electrons. The van der Waals surface area contributed by atoms with Gasteiger partial charge in [0.15, 0.2) is 17.2 Å². The second-order valence-corrected chi connectivity index (χ2v) is 12.1. The zero-order valence-corrected chi connectivity index (χ0v) is 23.2. The zero-order chi connectivity index (χ0) is 25.1. The summed E-state index contributed by atoms with van der Waals surface area (Å²) in [6.45, 7) is 11.1. The Morgan fingerprint density at radius 3 is 2.29 bits per heavy atom. The molecule has 0 radical (unpaired) electrons. The first-order chi connectivity index (χ1) is 15.9. The van der Waals surface area contributed by atoms with Crippen molar-refractivity contribution in [3.8, 4) is 16.2 Å². The molecule has 0 amide bonds. The number of carbonyl (C=O) groups excluding carboxylic acids is 2. The van der Waals surface area contributed by atoms with Gasteiger partial charge in [0, 0.05) is 11.7 Å². The molecule has 1 aliphatic carbocycles. The number of anilines is 1. The van der Waals surface area contributed by atoms with Crippen LogP contribution in [0.3, 0.4) is 0 Å². The van der Waals surface area contributed by atoms with Gasteiger partial charge in [-0.2, -0.15) is 0 Å². The van der Waals surface area contributed by atoms with Crippen molar-refractivity contribution < 1.29 is 23.8 Å². The minimum atomic E-state index is -0.517. The van der Waals surface area contributed by atoms with E-state index < -0.39 is 11.9 Å². The van der Waals surface area contributed by atoms with E-state index in [0.29, 0.717) is 26.2 Å². The van der Waals surface area contributed by atoms with Gasteiger partial charge in [-0.1, -0.05) is 39.8 Å². The molecule has 1 N–H and O–H groups in total. The molecule has 8 heteroatoms. The quantitative estimate of drug-likeness (QED) is 0.359. The second kappa shape index (κ2) is 10.7. The van der Waals surface area contributed by atoms with Crippen LogP contribution in [0.5, 0.6) is 5.75 Å². The van der Waals surface area contributed by atoms with Crippen molar-refractivity contribution >= 4 is 44.9 Å². The molecule has 1 saturated carbocycles. The molecule has 1 fully saturated rings. The van der Waals surface area contributed by atoms with Gasteiger partial charge in [0.05, 0.1) is 23.1 Å². The van der Waals surface area contributed by atoms with Crippen LogP contribution in [-0.2, 0) is 14.3 Å². The van der Waals surface area contributed by atoms with E-state index in [1.165, 1.54) is 24.9 Å². The molecule has 0 aliphatic heterocycles. The summed E-state index contributed by atoms with van der Waals surface area (Å²) >= 11 is 4.82. The summed E-state index contributed by atoms with van der Waals surface area (Å²) < 4.78 is 16.1. The van der Waals surface area contributed by atoms with Crippen LogP contribution in [0, 0.1) is 10.8 Å². The smallest absolute Gasteiger partial charge is 0.351 e. The van der Waals surface area contributed by atoms with Crippen LogP contribution < -0.4 is 10.1 Å². The first kappa shape index (κ1) is 26.5. The summed E-state index contributed by atoms with van der Waals surface area (Å²) in [7, 11) is 1.32. The molecule has 0 spiro atoms. The van der Waals surface area contributed by atoms with Crippen LogP contribution in [0.15, 0.2) is 28.7 Å². The number of thiophene rings is 1. The topological polar surface area (TPSA) is 73.9 Å². The SMILES string of the molecule is CCOC(=O)COc1c(C(=O)OC)sc(-c2ccc(NC3CC(C)(C)CC(C)(C)C3)cc2)c1Br. The highest BCUT2D eigenvalue weighted by Gasteiger charge is 2.38. The average Bonchev–Trinajstić information content (AvgIpc) is 3.06. The van der Waals surface area contributed by atoms with Gasteiger partial charge in [-0.05, 0) is 70.6 Å². The van der Waals surface area contributed by atoms with Gasteiger partial charge in [0.1, 0.15) is 0 Å². The number of carbonyl (C=O) groups is 2. The summed E-state index contributed by atoms with van der Waals surface area (Å²) in [4.78, 5) is 25.2. The molecule has 34 heavy (non-hydrogen) atoms. The number of hydrogen-bond acceptors (Lipinski definition) is 7. The summed E-state index contributed by atoms with van der Waals surface area (Å²) in [6.07, 6.45) is 3.50. The number of benzene rings is 1. The molecular weight excluding hydrogens is 518 g/mol. The largest absolute Gasteiger partial charge is 0.479 e. The molecule has 2 aromatic rings. The third-order valence-corrected chi connectivity index (χ3v) is 8.11. The maximum atomic E-state index is 12.3. The van der Waals surface area contributed by atoms with Gasteiger partial charge in [-0.25, -0.2) is 9.59 Å². The van der Waals surface area contributed by atoms with Crippen molar-refractivity contribution in [2.45, 2.75) is 59.9 Å². The molecule has 1 aromatic heterocycles. The molecule has 6 nitrogen and oxygen atoms in total. The Kier molecular flexibility index (Phi) is 8.34. The lowest BCUT2D eigenvalue weighted by atomic mass is 9.63. The Morgan fingerprint density at radius 1 is 1.12 bits per heavy atom. The molecule has 1 aliphatic rings. The van der Waals surface area contributed by atoms with Crippen molar-refractivity contribution in [3.63, 3.8) is 0 Å². The van der Waals surface area contributed by atoms with Crippen LogP contribution >= 0.6 is 27.3 Å². The molecule has 0 unspecified atom stereocenters. The highest BCUT2D eigenvalue weighted by molar-refractivity contribution is 9.10. The lowest BCUT2D eigenvalue weighted by molar-refractivity contribution is -0.145. The third-order valence-electron chi connectivity index (χ3n) is 5.89. The van der Waals surface area contributed by atoms with E-state index in [9.17, 15) is 9.59 Å². The number of esters is 2. The molecular formula is C26H34BrNO5S. The molecule has 3 rings (SSSR count). The van der Waals surface area contributed by atoms with Gasteiger partial charge in [-0.15, -0.1) is 11.3 Å². The summed E-state index contributed by atoms with van der Waals surface area (Å²) in [5.74, 6) is -0.729. The number of halogens is 1. The first-order valence-electron chi connectivity index (χ1n) is 11.5. The van der Waals surface area contributed by atoms with Gasteiger partial charge in [0.25, 0.3) is 0 Å². The number of rotatable bonds is 8. The summed E-state index contributed by atoms with van der Waals surface area (Å²) in [5.41, 5.74) is 2.63. The Labute approximate surface area is 214 Å². The van der Waals surface area contributed by atoms with Crippen molar-refractivity contribution in [3.05, 3.63) is 33.6 Å². The van der Waals surface area contributed by atoms with E-state index in [1.54, 1.807) is 6.92 Å². The molecule has 0 bridgehead atoms. The lowest BCUT2D eigenvalue weighted by Crippen LogP contribution is -2.40. The fourth-order valence-electron chi connectivity index (χ4n) is 5.17. The van der Waals surface area contributed by atoms with E-state index in [0.717, 1.165) is 29.0 Å². The van der Waals surface area contributed by atoms with Crippen LogP contribution in [0.4, 0.5) is 5.69 Å². The maximum absolute atomic E-state index is 12.3. The van der Waals surface area contributed by atoms with Crippen molar-refractivity contribution in [2.24, 2.45) is 10.8 Å². The highest BCUT2D eigenvalue weighted by atomic mass is 79.9. The van der Waals surface area contributed by atoms with Crippen molar-refractivity contribution in [1.29, 1.82) is 0 Å². The minimum Gasteiger partial charge on any atom is -0.479 e. The van der Waals surface area contributed by atoms with E-state index in [2.05, 4.69) is 61.1 Å². The minimum absolute atomic E-state index is 0.262. The highest BCUT2D eigenvalue weighted by Crippen LogP contribution is 2.47. The standard InChI is InChI=1S/C26H34BrNO5S/c1-7-32-19(29)14-33-21-20(27)22(34-23(21)24(30)31-6)16-8-10-17(11-9-16)28-18-12-25(2,3)15-26(4,5)13-18/h8-11,18,28H,7,12-15H2,1-6H3. The maximum Gasteiger partial charge on any atom is 0.351 e. The molecule has 1 heterocycles. The average molecular weight is 553 g/mol. The third kappa shape index (κ3) is 6.54. The monoisotopic (exact) mass is 551 g/mol. The van der Waals surface area contributed by atoms with Crippen LogP contribution in [0.2, 0.25) is 0 Å². The van der Waals surface area contributed by atoms with E-state index in [4.69, 9.17) is 14.2 Å². The van der Waals surface area contributed by atoms with Gasteiger partial charge in [-0.3, -0.25) is 0 Å². The second-order valence-electron chi connectivity index (χ2n) is 10.3. The Hall–Kier alpha value is -2.06. The molecule has 0 atom stereocenters. The van der Waals surface area contributed by atoms with Crippen LogP contribution in [0.25, 0.3) is 10.4 Å². The van der Waals surface area contributed by atoms with Crippen molar-refractivity contribution in [2.75, 3.05) is 25.6 Å². The Bertz CT molecular complexity index is 1010. The van der Waals surface area contributed by atoms with Gasteiger partial charge >= 0.3 is 11.9 Å². The normalized spacial score (nSPS) is 17.1. The van der Waals surface area contributed by atoms with E-state index in [-0.39, 0.29) is 19.0 Å². The van der Waals surface area contributed by atoms with E-state index >= 15 is 0 Å². The number of nitrogens with one attached hydrogen (secondary N) is 1. The van der Waals surface area contributed by atoms with Gasteiger partial charge in [0.2, 0.25) is 0 Å². The van der Waals surface area contributed by atoms with E-state index in [1.807, 2.05) is 12.1 Å². The predicted molar refractivity (Wildman–Crippen MR) is 140 cm³/mol. The fraction of sp³-hybridized carbons (Fsp3) is 0.538. The van der Waals surface area contributed by atoms with Crippen molar-refractivity contribution in [1.82, 2.24) is 0 Å². The Balaban J connectivity index is 1.80. The summed E-state index contributed by atoms with van der Waals surface area (Å²) in [5, 5.41) is 3.72. The van der Waals surface area contributed by atoms with Gasteiger partial charge < -0.3 is 19.5 Å². The summed E-state index contributed by atoms with van der Waals surface area (Å²) in [6, 6.07) is 8.59. The fourth-order valence-corrected chi connectivity index (χ4v) is 7.15. The molecule has 1 aromatic carbocycles. The molecule has 0 saturated heterocycles. The number of ether oxygens (including phenoxy) is 3. The number of methoxy groups -OCH3 is 1. The predicted octanol–water partition coefficient (Wildman–Crippen LogP) is 6.92. The number of hydrogen-bond donors (Lipinski definition) is 1. The first-order valence-corrected chi connectivity index (χ1v) is 13.1.